The van der Waals surface area contributed by atoms with E-state index < -0.39 is 0 Å². The molecular weight excluding hydrogens is 264 g/mol. The van der Waals surface area contributed by atoms with Gasteiger partial charge in [0.15, 0.2) is 0 Å². The summed E-state index contributed by atoms with van der Waals surface area (Å²) in [6.07, 6.45) is 2.86. The van der Waals surface area contributed by atoms with Gasteiger partial charge in [0.2, 0.25) is 5.91 Å². The molecule has 0 fully saturated rings. The lowest BCUT2D eigenvalue weighted by Gasteiger charge is -2.28. The van der Waals surface area contributed by atoms with Crippen molar-refractivity contribution < 1.29 is 9.53 Å². The number of nitrogens with two attached hydrogens (primary N) is 1. The molecule has 1 aliphatic rings. The number of ether oxygens (including phenoxy) is 1. The third-order valence-corrected chi connectivity index (χ3v) is 4.51. The molecular formula is C17H26N2O2. The van der Waals surface area contributed by atoms with E-state index in [2.05, 4.69) is 31.3 Å². The van der Waals surface area contributed by atoms with Crippen LogP contribution in [0.2, 0.25) is 0 Å². The number of hydrogen-bond acceptors (Lipinski definition) is 3. The van der Waals surface area contributed by atoms with Crippen LogP contribution in [-0.4, -0.2) is 24.6 Å². The zero-order valence-electron chi connectivity index (χ0n) is 13.0. The van der Waals surface area contributed by atoms with Gasteiger partial charge >= 0.3 is 0 Å². The van der Waals surface area contributed by atoms with Gasteiger partial charge in [-0.2, -0.15) is 0 Å². The topological polar surface area (TPSA) is 64.3 Å². The van der Waals surface area contributed by atoms with E-state index in [9.17, 15) is 4.79 Å². The Bertz CT molecular complexity index is 483. The SMILES string of the molecule is CCC(N)(CC)CNC(=O)CC1OCCc2ccccc21. The first-order valence-electron chi connectivity index (χ1n) is 7.83. The van der Waals surface area contributed by atoms with Crippen LogP contribution >= 0.6 is 0 Å². The molecule has 0 saturated heterocycles. The first kappa shape index (κ1) is 16.0. The predicted octanol–water partition coefficient (Wildman–Crippen LogP) is 2.32. The van der Waals surface area contributed by atoms with Crippen molar-refractivity contribution in [1.82, 2.24) is 5.32 Å². The lowest BCUT2D eigenvalue weighted by atomic mass is 9.93. The molecule has 1 unspecified atom stereocenters. The summed E-state index contributed by atoms with van der Waals surface area (Å²) in [4.78, 5) is 12.2. The average molecular weight is 290 g/mol. The Hall–Kier alpha value is -1.39. The van der Waals surface area contributed by atoms with Crippen LogP contribution in [0.25, 0.3) is 0 Å². The minimum atomic E-state index is -0.305. The van der Waals surface area contributed by atoms with Crippen LogP contribution in [0.15, 0.2) is 24.3 Å². The first-order chi connectivity index (χ1) is 10.1. The maximum Gasteiger partial charge on any atom is 0.223 e. The Morgan fingerprint density at radius 3 is 2.81 bits per heavy atom. The summed E-state index contributed by atoms with van der Waals surface area (Å²) in [5, 5.41) is 2.96. The lowest BCUT2D eigenvalue weighted by molar-refractivity contribution is -0.124. The molecule has 1 aliphatic heterocycles. The van der Waals surface area contributed by atoms with E-state index in [4.69, 9.17) is 10.5 Å². The van der Waals surface area contributed by atoms with E-state index in [0.29, 0.717) is 19.6 Å². The molecule has 0 aliphatic carbocycles. The van der Waals surface area contributed by atoms with Crippen LogP contribution in [0, 0.1) is 0 Å². The highest BCUT2D eigenvalue weighted by Crippen LogP contribution is 2.29. The zero-order chi connectivity index (χ0) is 15.3. The third-order valence-electron chi connectivity index (χ3n) is 4.51. The fraction of sp³-hybridized carbons (Fsp3) is 0.588. The third kappa shape index (κ3) is 4.05. The lowest BCUT2D eigenvalue weighted by Crippen LogP contribution is -2.49. The number of amides is 1. The molecule has 4 heteroatoms. The smallest absolute Gasteiger partial charge is 0.223 e. The highest BCUT2D eigenvalue weighted by Gasteiger charge is 2.25. The highest BCUT2D eigenvalue weighted by atomic mass is 16.5. The molecule has 116 valence electrons. The van der Waals surface area contributed by atoms with E-state index in [1.54, 1.807) is 0 Å². The van der Waals surface area contributed by atoms with Crippen molar-refractivity contribution >= 4 is 5.91 Å². The Kier molecular flexibility index (Phi) is 5.37. The fourth-order valence-electron chi connectivity index (χ4n) is 2.66. The van der Waals surface area contributed by atoms with Gasteiger partial charge in [0.1, 0.15) is 0 Å². The summed E-state index contributed by atoms with van der Waals surface area (Å²) in [7, 11) is 0. The van der Waals surface area contributed by atoms with Crippen molar-refractivity contribution in [2.75, 3.05) is 13.2 Å². The van der Waals surface area contributed by atoms with Crippen molar-refractivity contribution in [2.24, 2.45) is 5.73 Å². The van der Waals surface area contributed by atoms with Crippen LogP contribution in [0.3, 0.4) is 0 Å². The summed E-state index contributed by atoms with van der Waals surface area (Å²) < 4.78 is 5.77. The second-order valence-electron chi connectivity index (χ2n) is 5.86. The number of hydrogen-bond donors (Lipinski definition) is 2. The summed E-state index contributed by atoms with van der Waals surface area (Å²) in [5.41, 5.74) is 8.34. The normalized spacial score (nSPS) is 18.1. The van der Waals surface area contributed by atoms with Crippen molar-refractivity contribution in [3.8, 4) is 0 Å². The fourth-order valence-corrected chi connectivity index (χ4v) is 2.66. The van der Waals surface area contributed by atoms with E-state index in [1.165, 1.54) is 5.56 Å². The zero-order valence-corrected chi connectivity index (χ0v) is 13.0. The summed E-state index contributed by atoms with van der Waals surface area (Å²) in [6, 6.07) is 8.20. The van der Waals surface area contributed by atoms with E-state index >= 15 is 0 Å². The van der Waals surface area contributed by atoms with Crippen LogP contribution in [0.4, 0.5) is 0 Å². The maximum absolute atomic E-state index is 12.2. The van der Waals surface area contributed by atoms with Gasteiger partial charge in [0.25, 0.3) is 0 Å². The summed E-state index contributed by atoms with van der Waals surface area (Å²) >= 11 is 0. The molecule has 21 heavy (non-hydrogen) atoms. The molecule has 0 bridgehead atoms. The molecule has 1 heterocycles. The minimum absolute atomic E-state index is 0.00780. The van der Waals surface area contributed by atoms with Gasteiger partial charge in [0, 0.05) is 12.1 Å². The minimum Gasteiger partial charge on any atom is -0.373 e. The average Bonchev–Trinajstić information content (AvgIpc) is 2.53. The molecule has 0 aromatic heterocycles. The first-order valence-corrected chi connectivity index (χ1v) is 7.83. The summed E-state index contributed by atoms with van der Waals surface area (Å²) in [6.45, 7) is 5.30. The Morgan fingerprint density at radius 2 is 2.10 bits per heavy atom. The standard InChI is InChI=1S/C17H26N2O2/c1-3-17(18,4-2)12-19-16(20)11-15-14-8-6-5-7-13(14)9-10-21-15/h5-8,15H,3-4,9-12,18H2,1-2H3,(H,19,20). The van der Waals surface area contributed by atoms with Crippen molar-refractivity contribution in [1.29, 1.82) is 0 Å². The number of carbonyl (C=O) groups excluding carboxylic acids is 1. The number of rotatable bonds is 6. The number of fused-ring (bicyclic) bond motifs is 1. The Morgan fingerprint density at radius 1 is 1.38 bits per heavy atom. The van der Waals surface area contributed by atoms with Crippen LogP contribution < -0.4 is 11.1 Å². The van der Waals surface area contributed by atoms with Crippen molar-refractivity contribution in [3.63, 3.8) is 0 Å². The molecule has 1 aromatic carbocycles. The quantitative estimate of drug-likeness (QED) is 0.845. The number of benzene rings is 1. The van der Waals surface area contributed by atoms with Crippen LogP contribution in [-0.2, 0) is 16.0 Å². The van der Waals surface area contributed by atoms with Gasteiger partial charge in [-0.3, -0.25) is 4.79 Å². The second kappa shape index (κ2) is 7.05. The van der Waals surface area contributed by atoms with Crippen molar-refractivity contribution in [3.05, 3.63) is 35.4 Å². The van der Waals surface area contributed by atoms with E-state index in [-0.39, 0.29) is 17.6 Å². The predicted molar refractivity (Wildman–Crippen MR) is 84.0 cm³/mol. The Balaban J connectivity index is 1.92. The molecule has 4 nitrogen and oxygen atoms in total. The molecule has 1 aromatic rings. The van der Waals surface area contributed by atoms with Crippen molar-refractivity contribution in [2.45, 2.75) is 51.2 Å². The van der Waals surface area contributed by atoms with Crippen LogP contribution in [0.1, 0.15) is 50.3 Å². The van der Waals surface area contributed by atoms with Crippen LogP contribution in [0.5, 0.6) is 0 Å². The van der Waals surface area contributed by atoms with Gasteiger partial charge in [0.05, 0.1) is 19.1 Å². The molecule has 3 N–H and O–H groups in total. The molecule has 0 spiro atoms. The maximum atomic E-state index is 12.2. The van der Waals surface area contributed by atoms with Gasteiger partial charge in [-0.1, -0.05) is 38.1 Å². The largest absolute Gasteiger partial charge is 0.373 e. The molecule has 0 radical (unpaired) electrons. The van der Waals surface area contributed by atoms with E-state index in [1.807, 2.05) is 12.1 Å². The number of nitrogens with one attached hydrogen (secondary N) is 1. The summed E-state index contributed by atoms with van der Waals surface area (Å²) in [5.74, 6) is 0.00780. The second-order valence-corrected chi connectivity index (χ2v) is 5.86. The highest BCUT2D eigenvalue weighted by molar-refractivity contribution is 5.76. The van der Waals surface area contributed by atoms with Gasteiger partial charge < -0.3 is 15.8 Å². The molecule has 1 atom stereocenters. The van der Waals surface area contributed by atoms with Gasteiger partial charge in [-0.05, 0) is 30.4 Å². The van der Waals surface area contributed by atoms with E-state index in [0.717, 1.165) is 24.8 Å². The molecule has 0 saturated carbocycles. The Labute approximate surface area is 127 Å². The van der Waals surface area contributed by atoms with Gasteiger partial charge in [-0.25, -0.2) is 0 Å². The monoisotopic (exact) mass is 290 g/mol. The van der Waals surface area contributed by atoms with Gasteiger partial charge in [-0.15, -0.1) is 0 Å². The molecule has 2 rings (SSSR count). The number of carbonyl (C=O) groups is 1. The molecule has 1 amide bonds.